The van der Waals surface area contributed by atoms with Crippen LogP contribution in [-0.2, 0) is 6.42 Å². The molecule has 3 aromatic rings. The fourth-order valence-electron chi connectivity index (χ4n) is 2.58. The van der Waals surface area contributed by atoms with Gasteiger partial charge in [0.05, 0.1) is 0 Å². The van der Waals surface area contributed by atoms with E-state index >= 15 is 0 Å². The topological polar surface area (TPSA) is 0 Å². The second kappa shape index (κ2) is 8.09. The Morgan fingerprint density at radius 3 is 2.28 bits per heavy atom. The van der Waals surface area contributed by atoms with Crippen LogP contribution in [-0.4, -0.2) is 0 Å². The quantitative estimate of drug-likeness (QED) is 0.437. The van der Waals surface area contributed by atoms with Crippen LogP contribution in [0.2, 0.25) is 5.02 Å². The largest absolute Gasteiger partial charge is 0.242 e. The average molecular weight is 355 g/mol. The molecule has 0 fully saturated rings. The molecule has 0 radical (unpaired) electrons. The number of rotatable bonds is 5. The van der Waals surface area contributed by atoms with Crippen molar-refractivity contribution in [3.05, 3.63) is 106 Å². The van der Waals surface area contributed by atoms with E-state index in [0.29, 0.717) is 21.7 Å². The van der Waals surface area contributed by atoms with Crippen molar-refractivity contribution in [3.63, 3.8) is 0 Å². The molecule has 0 aliphatic heterocycles. The molecule has 0 aliphatic rings. The van der Waals surface area contributed by atoms with Crippen LogP contribution < -0.4 is 0 Å². The second-order valence-corrected chi connectivity index (χ2v) is 6.26. The lowest BCUT2D eigenvalue weighted by molar-refractivity contribution is 0.342. The average Bonchev–Trinajstić information content (AvgIpc) is 2.63. The molecule has 3 aromatic carbocycles. The van der Waals surface area contributed by atoms with Crippen molar-refractivity contribution in [1.82, 2.24) is 0 Å². The second-order valence-electron chi connectivity index (χ2n) is 5.82. The zero-order valence-electron chi connectivity index (χ0n) is 13.5. The van der Waals surface area contributed by atoms with Gasteiger partial charge < -0.3 is 0 Å². The first-order valence-corrected chi connectivity index (χ1v) is 8.41. The summed E-state index contributed by atoms with van der Waals surface area (Å²) in [6.07, 6.45) is 2.53. The third-order valence-electron chi connectivity index (χ3n) is 3.97. The van der Waals surface area contributed by atoms with Gasteiger partial charge in [-0.1, -0.05) is 78.4 Å². The Bertz CT molecular complexity index is 855. The molecule has 0 saturated heterocycles. The minimum absolute atomic E-state index is 0.155. The standard InChI is InChI=1S/C22H17ClF2/c23-20-12-8-16(9-13-20)6-10-19-11-7-17(15-22(19)25)14-21(24)18-4-2-1-3-5-18/h1-13,15,21H,14H2/t21-/m0/s1. The van der Waals surface area contributed by atoms with Crippen molar-refractivity contribution in [1.29, 1.82) is 0 Å². The van der Waals surface area contributed by atoms with Crippen LogP contribution in [0.4, 0.5) is 8.78 Å². The van der Waals surface area contributed by atoms with Gasteiger partial charge in [0.15, 0.2) is 0 Å². The van der Waals surface area contributed by atoms with E-state index in [1.807, 2.05) is 24.3 Å². The summed E-state index contributed by atoms with van der Waals surface area (Å²) in [5.41, 5.74) is 2.64. The van der Waals surface area contributed by atoms with Crippen LogP contribution >= 0.6 is 11.6 Å². The van der Waals surface area contributed by atoms with Gasteiger partial charge >= 0.3 is 0 Å². The Balaban J connectivity index is 1.71. The van der Waals surface area contributed by atoms with Crippen molar-refractivity contribution in [2.45, 2.75) is 12.6 Å². The molecule has 1 atom stereocenters. The van der Waals surface area contributed by atoms with E-state index in [4.69, 9.17) is 11.6 Å². The summed E-state index contributed by atoms with van der Waals surface area (Å²) in [6.45, 7) is 0. The van der Waals surface area contributed by atoms with Gasteiger partial charge in [0.1, 0.15) is 12.0 Å². The molecule has 0 aliphatic carbocycles. The van der Waals surface area contributed by atoms with Gasteiger partial charge in [0.2, 0.25) is 0 Å². The zero-order chi connectivity index (χ0) is 17.6. The third kappa shape index (κ3) is 4.77. The molecule has 0 bridgehead atoms. The predicted molar refractivity (Wildman–Crippen MR) is 101 cm³/mol. The summed E-state index contributed by atoms with van der Waals surface area (Å²) < 4.78 is 28.6. The molecule has 25 heavy (non-hydrogen) atoms. The molecule has 0 heterocycles. The maximum absolute atomic E-state index is 14.3. The molecule has 3 rings (SSSR count). The number of alkyl halides is 1. The first-order valence-electron chi connectivity index (χ1n) is 8.03. The molecular formula is C22H17ClF2. The number of hydrogen-bond donors (Lipinski definition) is 0. The van der Waals surface area contributed by atoms with E-state index < -0.39 is 6.17 Å². The van der Waals surface area contributed by atoms with E-state index in [2.05, 4.69) is 0 Å². The number of benzene rings is 3. The predicted octanol–water partition coefficient (Wildman–Crippen LogP) is 6.90. The molecule has 0 aromatic heterocycles. The summed E-state index contributed by atoms with van der Waals surface area (Å²) >= 11 is 5.84. The maximum atomic E-state index is 14.3. The molecular weight excluding hydrogens is 338 g/mol. The van der Waals surface area contributed by atoms with Gasteiger partial charge in [0.25, 0.3) is 0 Å². The van der Waals surface area contributed by atoms with Crippen LogP contribution in [0.15, 0.2) is 72.8 Å². The van der Waals surface area contributed by atoms with Gasteiger partial charge in [-0.05, 0) is 34.9 Å². The van der Waals surface area contributed by atoms with E-state index in [9.17, 15) is 8.78 Å². The molecule has 0 saturated carbocycles. The maximum Gasteiger partial charge on any atom is 0.130 e. The summed E-state index contributed by atoms with van der Waals surface area (Å²) in [5.74, 6) is -0.358. The van der Waals surface area contributed by atoms with Crippen molar-refractivity contribution < 1.29 is 8.78 Å². The lowest BCUT2D eigenvalue weighted by Crippen LogP contribution is -1.98. The minimum atomic E-state index is -1.14. The van der Waals surface area contributed by atoms with Crippen molar-refractivity contribution in [2.75, 3.05) is 0 Å². The van der Waals surface area contributed by atoms with E-state index in [0.717, 1.165) is 5.56 Å². The smallest absolute Gasteiger partial charge is 0.130 e. The van der Waals surface area contributed by atoms with Crippen LogP contribution in [0.3, 0.4) is 0 Å². The summed E-state index contributed by atoms with van der Waals surface area (Å²) in [6, 6.07) is 21.0. The van der Waals surface area contributed by atoms with Crippen LogP contribution in [0.5, 0.6) is 0 Å². The SMILES string of the molecule is Fc1cc(C[C@H](F)c2ccccc2)ccc1C=Cc1ccc(Cl)cc1. The summed E-state index contributed by atoms with van der Waals surface area (Å²) in [5, 5.41) is 0.659. The van der Waals surface area contributed by atoms with E-state index in [-0.39, 0.29) is 12.2 Å². The van der Waals surface area contributed by atoms with E-state index in [1.165, 1.54) is 6.07 Å². The lowest BCUT2D eigenvalue weighted by atomic mass is 10.0. The molecule has 0 N–H and O–H groups in total. The number of hydrogen-bond acceptors (Lipinski definition) is 0. The normalized spacial score (nSPS) is 12.4. The van der Waals surface area contributed by atoms with Gasteiger partial charge in [-0.2, -0.15) is 0 Å². The fraction of sp³-hybridized carbons (Fsp3) is 0.0909. The Hall–Kier alpha value is -2.45. The minimum Gasteiger partial charge on any atom is -0.242 e. The van der Waals surface area contributed by atoms with Gasteiger partial charge in [-0.3, -0.25) is 0 Å². The highest BCUT2D eigenvalue weighted by atomic mass is 35.5. The van der Waals surface area contributed by atoms with Crippen molar-refractivity contribution >= 4 is 23.8 Å². The first kappa shape index (κ1) is 17.4. The van der Waals surface area contributed by atoms with Gasteiger partial charge in [0, 0.05) is 17.0 Å². The molecule has 126 valence electrons. The molecule has 0 spiro atoms. The molecule has 0 nitrogen and oxygen atoms in total. The van der Waals surface area contributed by atoms with Crippen molar-refractivity contribution in [2.24, 2.45) is 0 Å². The van der Waals surface area contributed by atoms with Crippen molar-refractivity contribution in [3.8, 4) is 0 Å². The van der Waals surface area contributed by atoms with Crippen LogP contribution in [0, 0.1) is 5.82 Å². The molecule has 0 amide bonds. The molecule has 0 unspecified atom stereocenters. The first-order chi connectivity index (χ1) is 12.1. The molecule has 3 heteroatoms. The highest BCUT2D eigenvalue weighted by Crippen LogP contribution is 2.24. The Labute approximate surface area is 151 Å². The summed E-state index contributed by atoms with van der Waals surface area (Å²) in [7, 11) is 0. The van der Waals surface area contributed by atoms with Gasteiger partial charge in [-0.15, -0.1) is 0 Å². The lowest BCUT2D eigenvalue weighted by Gasteiger charge is -2.09. The van der Waals surface area contributed by atoms with E-state index in [1.54, 1.807) is 54.6 Å². The Morgan fingerprint density at radius 1 is 0.880 bits per heavy atom. The highest BCUT2D eigenvalue weighted by molar-refractivity contribution is 6.30. The monoisotopic (exact) mass is 354 g/mol. The van der Waals surface area contributed by atoms with Crippen LogP contribution in [0.25, 0.3) is 12.2 Å². The Kier molecular flexibility index (Phi) is 5.62. The summed E-state index contributed by atoms with van der Waals surface area (Å²) in [4.78, 5) is 0. The third-order valence-corrected chi connectivity index (χ3v) is 4.22. The fourth-order valence-corrected chi connectivity index (χ4v) is 2.71. The Morgan fingerprint density at radius 2 is 1.60 bits per heavy atom. The zero-order valence-corrected chi connectivity index (χ0v) is 14.3. The highest BCUT2D eigenvalue weighted by Gasteiger charge is 2.11. The van der Waals surface area contributed by atoms with Crippen LogP contribution in [0.1, 0.15) is 28.4 Å². The number of halogens is 3. The van der Waals surface area contributed by atoms with Gasteiger partial charge in [-0.25, -0.2) is 8.78 Å².